The highest BCUT2D eigenvalue weighted by Crippen LogP contribution is 2.63. The van der Waals surface area contributed by atoms with E-state index in [0.717, 1.165) is 0 Å². The Kier molecular flexibility index (Phi) is 5.17. The number of hydrogen-bond donors (Lipinski definition) is 3. The second-order valence-electron chi connectivity index (χ2n) is 5.48. The van der Waals surface area contributed by atoms with Crippen LogP contribution in [0.3, 0.4) is 0 Å². The van der Waals surface area contributed by atoms with Gasteiger partial charge in [0.05, 0.1) is 11.2 Å². The van der Waals surface area contributed by atoms with E-state index in [1.807, 2.05) is 0 Å². The molecule has 0 aliphatic rings. The van der Waals surface area contributed by atoms with E-state index in [-0.39, 0.29) is 0 Å². The van der Waals surface area contributed by atoms with Gasteiger partial charge in [-0.1, -0.05) is 0 Å². The Hall–Kier alpha value is 0.260. The van der Waals surface area contributed by atoms with Crippen molar-refractivity contribution in [3.8, 4) is 0 Å². The van der Waals surface area contributed by atoms with Crippen molar-refractivity contribution in [1.82, 2.24) is 0 Å². The van der Waals surface area contributed by atoms with E-state index in [1.54, 1.807) is 41.5 Å². The first-order valence-electron chi connectivity index (χ1n) is 4.94. The number of hydrogen-bond acceptors (Lipinski definition) is 5. The lowest BCUT2D eigenvalue weighted by molar-refractivity contribution is 0.0641. The maximum absolute atomic E-state index is 11.5. The first-order valence-corrected chi connectivity index (χ1v) is 8.02. The fourth-order valence-electron chi connectivity index (χ4n) is 0.890. The maximum atomic E-state index is 11.5. The average Bonchev–Trinajstić information content (AvgIpc) is 1.65. The molecular weight excluding hydrogens is 268 g/mol. The van der Waals surface area contributed by atoms with Crippen LogP contribution in [0.25, 0.3) is 0 Å². The van der Waals surface area contributed by atoms with Crippen molar-refractivity contribution in [2.75, 3.05) is 0 Å². The average molecular weight is 289 g/mol. The van der Waals surface area contributed by atoms with E-state index in [2.05, 4.69) is 4.31 Å². The number of nitrogens with one attached hydrogen (secondary N) is 1. The maximum Gasteiger partial charge on any atom is 0.480 e. The Bertz CT molecular complexity index is 322. The summed E-state index contributed by atoms with van der Waals surface area (Å²) in [5.74, 6) is 0. The van der Waals surface area contributed by atoms with Gasteiger partial charge in [0.25, 0.3) is 0 Å². The van der Waals surface area contributed by atoms with E-state index in [1.165, 1.54) is 0 Å². The van der Waals surface area contributed by atoms with Crippen molar-refractivity contribution in [3.05, 3.63) is 0 Å². The monoisotopic (exact) mass is 289 g/mol. The number of phosphoric ester groups is 1. The standard InChI is InChI=1S/C8H21NO6P2/c1-7(2,3)13-16(9,10)15-17(11,12)14-8(4,5)6/h1-6H3,(H2,9,10)(H,11,12). The number of rotatable bonds is 4. The fourth-order valence-corrected chi connectivity index (χ4v) is 3.71. The molecule has 0 rings (SSSR count). The summed E-state index contributed by atoms with van der Waals surface area (Å²) < 4.78 is 25.5. The molecule has 0 saturated heterocycles. The minimum absolute atomic E-state index is 0.869. The molecule has 7 nitrogen and oxygen atoms in total. The van der Waals surface area contributed by atoms with Crippen molar-refractivity contribution in [2.24, 2.45) is 0 Å². The lowest BCUT2D eigenvalue weighted by Gasteiger charge is -2.28. The van der Waals surface area contributed by atoms with Crippen molar-refractivity contribution in [3.63, 3.8) is 0 Å². The third kappa shape index (κ3) is 9.92. The molecule has 0 saturated carbocycles. The van der Waals surface area contributed by atoms with Crippen LogP contribution in [0, 0.1) is 5.16 Å². The number of phosphoric acid groups is 1. The van der Waals surface area contributed by atoms with Gasteiger partial charge in [0.2, 0.25) is 0 Å². The summed E-state index contributed by atoms with van der Waals surface area (Å²) in [5, 5.41) is 7.36. The Morgan fingerprint density at radius 1 is 0.941 bits per heavy atom. The Balaban J connectivity index is 4.72. The van der Waals surface area contributed by atoms with Gasteiger partial charge in [0.15, 0.2) is 0 Å². The zero-order valence-corrected chi connectivity index (χ0v) is 12.7. The quantitative estimate of drug-likeness (QED) is 0.685. The molecule has 0 aromatic carbocycles. The van der Waals surface area contributed by atoms with Crippen LogP contribution in [0.2, 0.25) is 0 Å². The lowest BCUT2D eigenvalue weighted by Crippen LogP contribution is -2.20. The summed E-state index contributed by atoms with van der Waals surface area (Å²) in [6, 6.07) is 0. The van der Waals surface area contributed by atoms with E-state index >= 15 is 0 Å². The molecule has 9 heteroatoms. The predicted octanol–water partition coefficient (Wildman–Crippen LogP) is 3.25. The summed E-state index contributed by atoms with van der Waals surface area (Å²) in [6.45, 7) is 9.40. The second kappa shape index (κ2) is 5.10. The van der Waals surface area contributed by atoms with Crippen LogP contribution in [0.5, 0.6) is 0 Å². The minimum atomic E-state index is -4.53. The largest absolute Gasteiger partial charge is 0.480 e. The minimum Gasteiger partial charge on any atom is -0.318 e. The highest BCUT2D eigenvalue weighted by molar-refractivity contribution is 7.61. The first-order chi connectivity index (χ1) is 7.12. The first kappa shape index (κ1) is 17.3. The summed E-state index contributed by atoms with van der Waals surface area (Å²) >= 11 is 0. The van der Waals surface area contributed by atoms with Crippen LogP contribution in [0.4, 0.5) is 0 Å². The van der Waals surface area contributed by atoms with Gasteiger partial charge >= 0.3 is 15.6 Å². The van der Waals surface area contributed by atoms with Gasteiger partial charge < -0.3 is 9.79 Å². The molecule has 0 aliphatic heterocycles. The van der Waals surface area contributed by atoms with Crippen LogP contribution in [0.1, 0.15) is 41.5 Å². The summed E-state index contributed by atoms with van der Waals surface area (Å²) in [5.41, 5.74) is -1.81. The van der Waals surface area contributed by atoms with Gasteiger partial charge in [0.1, 0.15) is 0 Å². The molecule has 0 radical (unpaired) electrons. The summed E-state index contributed by atoms with van der Waals surface area (Å²) in [4.78, 5) is 18.9. The Morgan fingerprint density at radius 3 is 1.59 bits per heavy atom. The van der Waals surface area contributed by atoms with Crippen molar-refractivity contribution in [2.45, 2.75) is 52.7 Å². The third-order valence-electron chi connectivity index (χ3n) is 1.00. The highest BCUT2D eigenvalue weighted by atomic mass is 31.3. The van der Waals surface area contributed by atoms with Crippen LogP contribution in [0.15, 0.2) is 0 Å². The molecule has 0 amide bonds. The van der Waals surface area contributed by atoms with Gasteiger partial charge in [-0.3, -0.25) is 9.05 Å². The molecule has 0 aliphatic carbocycles. The molecule has 0 spiro atoms. The normalized spacial score (nSPS) is 20.7. The third-order valence-corrected chi connectivity index (χ3v) is 4.29. The smallest absolute Gasteiger partial charge is 0.318 e. The Morgan fingerprint density at radius 2 is 1.29 bits per heavy atom. The van der Waals surface area contributed by atoms with E-state index in [9.17, 15) is 14.4 Å². The van der Waals surface area contributed by atoms with Crippen LogP contribution >= 0.6 is 15.6 Å². The second-order valence-corrected chi connectivity index (χ2v) is 8.47. The van der Waals surface area contributed by atoms with Crippen LogP contribution in [-0.4, -0.2) is 21.0 Å². The van der Waals surface area contributed by atoms with Crippen molar-refractivity contribution >= 4 is 15.6 Å². The summed E-state index contributed by atoms with van der Waals surface area (Å²) in [7, 11) is -8.69. The van der Waals surface area contributed by atoms with Gasteiger partial charge in [-0.2, -0.15) is 0 Å². The Labute approximate surface area is 102 Å². The van der Waals surface area contributed by atoms with Gasteiger partial charge in [0, 0.05) is 0 Å². The molecule has 0 heterocycles. The van der Waals surface area contributed by atoms with Crippen LogP contribution in [-0.2, 0) is 17.9 Å². The van der Waals surface area contributed by atoms with Gasteiger partial charge in [-0.15, -0.1) is 0 Å². The van der Waals surface area contributed by atoms with Gasteiger partial charge in [-0.25, -0.2) is 14.0 Å². The topological polar surface area (TPSA) is 109 Å². The molecule has 0 bridgehead atoms. The van der Waals surface area contributed by atoms with Crippen molar-refractivity contribution < 1.29 is 27.7 Å². The van der Waals surface area contributed by atoms with E-state index in [4.69, 9.17) is 14.2 Å². The van der Waals surface area contributed by atoms with Crippen molar-refractivity contribution in [1.29, 1.82) is 5.16 Å². The van der Waals surface area contributed by atoms with E-state index < -0.39 is 26.8 Å². The van der Waals surface area contributed by atoms with Crippen LogP contribution < -0.4 is 0 Å². The highest BCUT2D eigenvalue weighted by Gasteiger charge is 2.37. The molecular formula is C8H21NO6P2. The molecule has 104 valence electrons. The molecule has 0 aromatic rings. The SMILES string of the molecule is CC(C)(C)OP(=N)(O)OP(=O)(O)OC(C)(C)C. The zero-order valence-electron chi connectivity index (χ0n) is 10.9. The molecule has 2 atom stereocenters. The van der Waals surface area contributed by atoms with E-state index in [0.29, 0.717) is 0 Å². The fraction of sp³-hybridized carbons (Fsp3) is 1.00. The lowest BCUT2D eigenvalue weighted by atomic mass is 10.2. The molecule has 0 fully saturated rings. The molecule has 0 aromatic heterocycles. The predicted molar refractivity (Wildman–Crippen MR) is 64.4 cm³/mol. The van der Waals surface area contributed by atoms with Gasteiger partial charge in [-0.05, 0) is 41.5 Å². The summed E-state index contributed by atoms with van der Waals surface area (Å²) in [6.07, 6.45) is 0. The molecule has 17 heavy (non-hydrogen) atoms. The molecule has 2 unspecified atom stereocenters. The molecule has 3 N–H and O–H groups in total. The zero-order chi connectivity index (χ0) is 14.1.